The Labute approximate surface area is 202 Å². The summed E-state index contributed by atoms with van der Waals surface area (Å²) >= 11 is 0. The molecular weight excluding hydrogens is 424 g/mol. The van der Waals surface area contributed by atoms with Crippen molar-refractivity contribution < 1.29 is 14.3 Å². The van der Waals surface area contributed by atoms with Crippen LogP contribution in [0.5, 0.6) is 5.75 Å². The summed E-state index contributed by atoms with van der Waals surface area (Å²) in [7, 11) is 1.60. The van der Waals surface area contributed by atoms with Crippen molar-refractivity contribution in [2.45, 2.75) is 45.7 Å². The Bertz CT molecular complexity index is 1080. The molecule has 0 saturated carbocycles. The van der Waals surface area contributed by atoms with Gasteiger partial charge in [0.25, 0.3) is 5.91 Å². The van der Waals surface area contributed by atoms with Gasteiger partial charge in [0.2, 0.25) is 5.91 Å². The Morgan fingerprint density at radius 1 is 0.912 bits per heavy atom. The lowest BCUT2D eigenvalue weighted by atomic mass is 10.0. The molecule has 3 aromatic carbocycles. The van der Waals surface area contributed by atoms with E-state index in [0.717, 1.165) is 16.7 Å². The minimum Gasteiger partial charge on any atom is -0.484 e. The molecule has 0 aliphatic heterocycles. The van der Waals surface area contributed by atoms with Crippen LogP contribution in [0.2, 0.25) is 0 Å². The number of carbonyl (C=O) groups excluding carboxylic acids is 2. The van der Waals surface area contributed by atoms with Gasteiger partial charge in [-0.05, 0) is 41.7 Å². The third-order valence-electron chi connectivity index (χ3n) is 5.86. The quantitative estimate of drug-likeness (QED) is 0.471. The van der Waals surface area contributed by atoms with Gasteiger partial charge in [-0.25, -0.2) is 0 Å². The predicted octanol–water partition coefficient (Wildman–Crippen LogP) is 4.88. The van der Waals surface area contributed by atoms with Crippen molar-refractivity contribution in [3.63, 3.8) is 0 Å². The summed E-state index contributed by atoms with van der Waals surface area (Å²) in [5, 5.41) is 2.73. The molecule has 0 aromatic heterocycles. The second-order valence-corrected chi connectivity index (χ2v) is 8.84. The lowest BCUT2D eigenvalue weighted by Crippen LogP contribution is -2.51. The van der Waals surface area contributed by atoms with Gasteiger partial charge in [-0.15, -0.1) is 0 Å². The van der Waals surface area contributed by atoms with Crippen LogP contribution in [0.15, 0.2) is 78.9 Å². The first-order valence-corrected chi connectivity index (χ1v) is 11.7. The smallest absolute Gasteiger partial charge is 0.261 e. The van der Waals surface area contributed by atoms with E-state index in [1.165, 1.54) is 5.56 Å². The molecule has 178 valence electrons. The molecule has 0 aliphatic rings. The number of carbonyl (C=O) groups is 2. The molecule has 3 rings (SSSR count). The zero-order valence-corrected chi connectivity index (χ0v) is 20.5. The van der Waals surface area contributed by atoms with Crippen LogP contribution in [0.1, 0.15) is 42.0 Å². The van der Waals surface area contributed by atoms with Crippen LogP contribution in [0.4, 0.5) is 0 Å². The fourth-order valence-corrected chi connectivity index (χ4v) is 3.90. The Hall–Kier alpha value is -3.60. The lowest BCUT2D eigenvalue weighted by Gasteiger charge is -2.31. The standard InChI is InChI=1S/C29H34N2O3/c1-21(2)25-13-15-26(16-14-25)34-20-28(32)31(19-24-12-8-9-22(3)17-24)27(29(33)30-4)18-23-10-6-5-7-11-23/h5-17,21,27H,18-20H2,1-4H3,(H,30,33)/t27-/m0/s1. The number of ether oxygens (including phenoxy) is 1. The van der Waals surface area contributed by atoms with Crippen molar-refractivity contribution >= 4 is 11.8 Å². The Morgan fingerprint density at radius 2 is 1.59 bits per heavy atom. The normalized spacial score (nSPS) is 11.7. The molecule has 3 aromatic rings. The van der Waals surface area contributed by atoms with Crippen LogP contribution in [0.25, 0.3) is 0 Å². The SMILES string of the molecule is CNC(=O)[C@H](Cc1ccccc1)N(Cc1cccc(C)c1)C(=O)COc1ccc(C(C)C)cc1. The number of hydrogen-bond acceptors (Lipinski definition) is 3. The summed E-state index contributed by atoms with van der Waals surface area (Å²) in [5.74, 6) is 0.615. The summed E-state index contributed by atoms with van der Waals surface area (Å²) in [5.41, 5.74) is 4.27. The average molecular weight is 459 g/mol. The van der Waals surface area contributed by atoms with Gasteiger partial charge in [0.15, 0.2) is 6.61 Å². The molecule has 2 amide bonds. The fourth-order valence-electron chi connectivity index (χ4n) is 3.90. The highest BCUT2D eigenvalue weighted by Gasteiger charge is 2.30. The molecule has 5 heteroatoms. The van der Waals surface area contributed by atoms with Crippen molar-refractivity contribution in [2.75, 3.05) is 13.7 Å². The van der Waals surface area contributed by atoms with E-state index in [-0.39, 0.29) is 18.4 Å². The molecule has 0 unspecified atom stereocenters. The maximum atomic E-state index is 13.5. The van der Waals surface area contributed by atoms with Gasteiger partial charge < -0.3 is 15.0 Å². The molecule has 0 saturated heterocycles. The Morgan fingerprint density at radius 3 is 2.21 bits per heavy atom. The topological polar surface area (TPSA) is 58.6 Å². The van der Waals surface area contributed by atoms with E-state index in [1.54, 1.807) is 11.9 Å². The minimum absolute atomic E-state index is 0.144. The van der Waals surface area contributed by atoms with Gasteiger partial charge >= 0.3 is 0 Å². The second-order valence-electron chi connectivity index (χ2n) is 8.84. The second kappa shape index (κ2) is 12.0. The monoisotopic (exact) mass is 458 g/mol. The summed E-state index contributed by atoms with van der Waals surface area (Å²) in [6.45, 7) is 6.46. The predicted molar refractivity (Wildman–Crippen MR) is 136 cm³/mol. The van der Waals surface area contributed by atoms with Crippen molar-refractivity contribution in [2.24, 2.45) is 0 Å². The summed E-state index contributed by atoms with van der Waals surface area (Å²) in [6, 6.07) is 24.9. The van der Waals surface area contributed by atoms with E-state index in [4.69, 9.17) is 4.74 Å². The molecule has 0 spiro atoms. The van der Waals surface area contributed by atoms with E-state index in [1.807, 2.05) is 85.8 Å². The number of hydrogen-bond donors (Lipinski definition) is 1. The molecule has 0 aliphatic carbocycles. The highest BCUT2D eigenvalue weighted by Crippen LogP contribution is 2.20. The van der Waals surface area contributed by atoms with Crippen LogP contribution < -0.4 is 10.1 Å². The van der Waals surface area contributed by atoms with Crippen LogP contribution in [0.3, 0.4) is 0 Å². The maximum absolute atomic E-state index is 13.5. The maximum Gasteiger partial charge on any atom is 0.261 e. The molecule has 0 radical (unpaired) electrons. The highest BCUT2D eigenvalue weighted by molar-refractivity contribution is 5.88. The van der Waals surface area contributed by atoms with Crippen LogP contribution in [-0.2, 0) is 22.6 Å². The van der Waals surface area contributed by atoms with E-state index < -0.39 is 6.04 Å². The van der Waals surface area contributed by atoms with Gasteiger partial charge in [0, 0.05) is 20.0 Å². The number of likely N-dealkylation sites (N-methyl/N-ethyl adjacent to an activating group) is 1. The van der Waals surface area contributed by atoms with Crippen LogP contribution in [-0.4, -0.2) is 36.4 Å². The Kier molecular flexibility index (Phi) is 8.86. The van der Waals surface area contributed by atoms with Gasteiger partial charge in [-0.1, -0.05) is 86.1 Å². The van der Waals surface area contributed by atoms with E-state index in [9.17, 15) is 9.59 Å². The van der Waals surface area contributed by atoms with Gasteiger partial charge in [0.05, 0.1) is 0 Å². The van der Waals surface area contributed by atoms with E-state index in [0.29, 0.717) is 24.6 Å². The molecule has 5 nitrogen and oxygen atoms in total. The van der Waals surface area contributed by atoms with E-state index in [2.05, 4.69) is 19.2 Å². The summed E-state index contributed by atoms with van der Waals surface area (Å²) in [6.07, 6.45) is 0.418. The third-order valence-corrected chi connectivity index (χ3v) is 5.86. The van der Waals surface area contributed by atoms with Crippen molar-refractivity contribution in [3.8, 4) is 5.75 Å². The molecular formula is C29H34N2O3. The van der Waals surface area contributed by atoms with Crippen molar-refractivity contribution in [1.82, 2.24) is 10.2 Å². The molecule has 34 heavy (non-hydrogen) atoms. The zero-order valence-electron chi connectivity index (χ0n) is 20.5. The molecule has 0 heterocycles. The Balaban J connectivity index is 1.84. The van der Waals surface area contributed by atoms with E-state index >= 15 is 0 Å². The first-order valence-electron chi connectivity index (χ1n) is 11.7. The first kappa shape index (κ1) is 25.0. The number of benzene rings is 3. The largest absolute Gasteiger partial charge is 0.484 e. The van der Waals surface area contributed by atoms with Gasteiger partial charge in [-0.3, -0.25) is 9.59 Å². The highest BCUT2D eigenvalue weighted by atomic mass is 16.5. The van der Waals surface area contributed by atoms with Crippen molar-refractivity contribution in [1.29, 1.82) is 0 Å². The number of nitrogens with zero attached hydrogens (tertiary/aromatic N) is 1. The lowest BCUT2D eigenvalue weighted by molar-refractivity contribution is -0.142. The van der Waals surface area contributed by atoms with Gasteiger partial charge in [0.1, 0.15) is 11.8 Å². The van der Waals surface area contributed by atoms with Crippen molar-refractivity contribution in [3.05, 3.63) is 101 Å². The fraction of sp³-hybridized carbons (Fsp3) is 0.310. The molecule has 1 atom stereocenters. The summed E-state index contributed by atoms with van der Waals surface area (Å²) < 4.78 is 5.84. The molecule has 1 N–H and O–H groups in total. The zero-order chi connectivity index (χ0) is 24.5. The third kappa shape index (κ3) is 6.95. The summed E-state index contributed by atoms with van der Waals surface area (Å²) in [4.78, 5) is 28.0. The minimum atomic E-state index is -0.660. The molecule has 0 fully saturated rings. The van der Waals surface area contributed by atoms with Gasteiger partial charge in [-0.2, -0.15) is 0 Å². The number of amides is 2. The molecule has 0 bridgehead atoms. The number of nitrogens with one attached hydrogen (secondary N) is 1. The van der Waals surface area contributed by atoms with Crippen LogP contribution >= 0.6 is 0 Å². The average Bonchev–Trinajstić information content (AvgIpc) is 2.85. The van der Waals surface area contributed by atoms with Crippen LogP contribution in [0, 0.1) is 6.92 Å². The number of aryl methyl sites for hydroxylation is 1. The first-order chi connectivity index (χ1) is 16.4. The number of rotatable bonds is 10.